The highest BCUT2D eigenvalue weighted by Crippen LogP contribution is 2.27. The molecule has 0 radical (unpaired) electrons. The van der Waals surface area contributed by atoms with E-state index in [-0.39, 0.29) is 18.1 Å². The normalized spacial score (nSPS) is 14.3. The minimum absolute atomic E-state index is 0.0617. The topological polar surface area (TPSA) is 75.3 Å². The molecule has 0 spiro atoms. The molecule has 120 valence electrons. The van der Waals surface area contributed by atoms with Gasteiger partial charge in [-0.15, -0.1) is 0 Å². The van der Waals surface area contributed by atoms with Crippen LogP contribution in [0.4, 0.5) is 5.69 Å². The minimum atomic E-state index is -0.494. The Kier molecular flexibility index (Phi) is 4.62. The zero-order valence-electron chi connectivity index (χ0n) is 12.4. The highest BCUT2D eigenvalue weighted by molar-refractivity contribution is 6.33. The van der Waals surface area contributed by atoms with E-state index in [2.05, 4.69) is 10.2 Å². The second-order valence-electron chi connectivity index (χ2n) is 5.31. The molecule has 1 aromatic carbocycles. The zero-order valence-corrected chi connectivity index (χ0v) is 13.2. The van der Waals surface area contributed by atoms with Gasteiger partial charge in [-0.25, -0.2) is 4.79 Å². The van der Waals surface area contributed by atoms with Crippen LogP contribution in [0.15, 0.2) is 30.6 Å². The van der Waals surface area contributed by atoms with Crippen molar-refractivity contribution >= 4 is 29.2 Å². The fourth-order valence-electron chi connectivity index (χ4n) is 2.51. The van der Waals surface area contributed by atoms with Crippen LogP contribution >= 0.6 is 11.6 Å². The molecular weight excluding hydrogens is 318 g/mol. The number of carbonyl (C=O) groups excluding carboxylic acids is 2. The van der Waals surface area contributed by atoms with Crippen molar-refractivity contribution in [2.75, 3.05) is 18.1 Å². The SMILES string of the molecule is O=C(OCCc1cn[nH]c1)c1cc(N2CCCC2=O)ccc1Cl. The first-order valence-electron chi connectivity index (χ1n) is 7.40. The highest BCUT2D eigenvalue weighted by Gasteiger charge is 2.23. The van der Waals surface area contributed by atoms with Crippen LogP contribution in [0.3, 0.4) is 0 Å². The number of amides is 1. The third kappa shape index (κ3) is 3.53. The quantitative estimate of drug-likeness (QED) is 0.853. The van der Waals surface area contributed by atoms with E-state index in [4.69, 9.17) is 16.3 Å². The molecule has 3 rings (SSSR count). The molecule has 0 unspecified atom stereocenters. The number of esters is 1. The molecule has 2 heterocycles. The van der Waals surface area contributed by atoms with Crippen molar-refractivity contribution in [2.45, 2.75) is 19.3 Å². The fourth-order valence-corrected chi connectivity index (χ4v) is 2.71. The number of ether oxygens (including phenoxy) is 1. The molecule has 1 amide bonds. The van der Waals surface area contributed by atoms with Crippen molar-refractivity contribution in [3.63, 3.8) is 0 Å². The second kappa shape index (κ2) is 6.83. The summed E-state index contributed by atoms with van der Waals surface area (Å²) in [6, 6.07) is 4.98. The monoisotopic (exact) mass is 333 g/mol. The Morgan fingerprint density at radius 3 is 3.00 bits per heavy atom. The summed E-state index contributed by atoms with van der Waals surface area (Å²) in [5.74, 6) is -0.432. The smallest absolute Gasteiger partial charge is 0.339 e. The molecule has 0 saturated carbocycles. The number of nitrogens with zero attached hydrogens (tertiary/aromatic N) is 2. The molecule has 1 saturated heterocycles. The first-order valence-corrected chi connectivity index (χ1v) is 7.77. The van der Waals surface area contributed by atoms with E-state index in [1.54, 1.807) is 35.5 Å². The first kappa shape index (κ1) is 15.6. The molecule has 0 bridgehead atoms. The number of nitrogens with one attached hydrogen (secondary N) is 1. The van der Waals surface area contributed by atoms with E-state index < -0.39 is 5.97 Å². The van der Waals surface area contributed by atoms with Gasteiger partial charge in [0.15, 0.2) is 0 Å². The molecule has 0 aliphatic carbocycles. The Bertz CT molecular complexity index is 715. The lowest BCUT2D eigenvalue weighted by Crippen LogP contribution is -2.24. The molecule has 23 heavy (non-hydrogen) atoms. The van der Waals surface area contributed by atoms with Gasteiger partial charge in [0, 0.05) is 31.3 Å². The van der Waals surface area contributed by atoms with E-state index in [1.807, 2.05) is 0 Å². The van der Waals surface area contributed by atoms with Crippen molar-refractivity contribution in [1.82, 2.24) is 10.2 Å². The lowest BCUT2D eigenvalue weighted by atomic mass is 10.2. The highest BCUT2D eigenvalue weighted by atomic mass is 35.5. The first-order chi connectivity index (χ1) is 11.1. The average molecular weight is 334 g/mol. The van der Waals surface area contributed by atoms with Crippen LogP contribution < -0.4 is 4.90 Å². The predicted molar refractivity (Wildman–Crippen MR) is 85.6 cm³/mol. The van der Waals surface area contributed by atoms with Crippen LogP contribution in [-0.2, 0) is 16.0 Å². The van der Waals surface area contributed by atoms with Crippen LogP contribution in [-0.4, -0.2) is 35.2 Å². The second-order valence-corrected chi connectivity index (χ2v) is 5.71. The Morgan fingerprint density at radius 1 is 1.43 bits per heavy atom. The largest absolute Gasteiger partial charge is 0.462 e. The lowest BCUT2D eigenvalue weighted by molar-refractivity contribution is -0.117. The molecular formula is C16H16ClN3O3. The number of halogens is 1. The van der Waals surface area contributed by atoms with E-state index in [0.717, 1.165) is 12.0 Å². The number of anilines is 1. The van der Waals surface area contributed by atoms with E-state index >= 15 is 0 Å². The summed E-state index contributed by atoms with van der Waals surface area (Å²) in [4.78, 5) is 25.7. The van der Waals surface area contributed by atoms with Gasteiger partial charge in [0.1, 0.15) is 0 Å². The summed E-state index contributed by atoms with van der Waals surface area (Å²) < 4.78 is 5.26. The fraction of sp³-hybridized carbons (Fsp3) is 0.312. The van der Waals surface area contributed by atoms with Crippen molar-refractivity contribution in [2.24, 2.45) is 0 Å². The van der Waals surface area contributed by atoms with Crippen LogP contribution in [0.1, 0.15) is 28.8 Å². The van der Waals surface area contributed by atoms with E-state index in [0.29, 0.717) is 30.1 Å². The van der Waals surface area contributed by atoms with Gasteiger partial charge in [0.2, 0.25) is 5.91 Å². The van der Waals surface area contributed by atoms with Gasteiger partial charge >= 0.3 is 5.97 Å². The molecule has 1 N–H and O–H groups in total. The summed E-state index contributed by atoms with van der Waals surface area (Å²) >= 11 is 6.09. The number of H-pyrrole nitrogens is 1. The zero-order chi connectivity index (χ0) is 16.2. The molecule has 7 heteroatoms. The van der Waals surface area contributed by atoms with Gasteiger partial charge in [0.25, 0.3) is 0 Å². The number of hydrogen-bond acceptors (Lipinski definition) is 4. The van der Waals surface area contributed by atoms with Gasteiger partial charge in [-0.1, -0.05) is 11.6 Å². The average Bonchev–Trinajstić information content (AvgIpc) is 3.19. The van der Waals surface area contributed by atoms with Crippen LogP contribution in [0, 0.1) is 0 Å². The van der Waals surface area contributed by atoms with Crippen molar-refractivity contribution < 1.29 is 14.3 Å². The Labute approximate surface area is 138 Å². The minimum Gasteiger partial charge on any atom is -0.462 e. The number of aromatic nitrogens is 2. The van der Waals surface area contributed by atoms with Gasteiger partial charge in [0.05, 0.1) is 23.4 Å². The number of aromatic amines is 1. The van der Waals surface area contributed by atoms with Crippen molar-refractivity contribution in [1.29, 1.82) is 0 Å². The molecule has 0 atom stereocenters. The third-order valence-electron chi connectivity index (χ3n) is 3.73. The molecule has 1 aromatic heterocycles. The maximum Gasteiger partial charge on any atom is 0.339 e. The lowest BCUT2D eigenvalue weighted by Gasteiger charge is -2.17. The summed E-state index contributed by atoms with van der Waals surface area (Å²) in [7, 11) is 0. The van der Waals surface area contributed by atoms with Crippen molar-refractivity contribution in [3.05, 3.63) is 46.7 Å². The standard InChI is InChI=1S/C16H16ClN3O3/c17-14-4-3-12(20-6-1-2-15(20)21)8-13(14)16(22)23-7-5-11-9-18-19-10-11/h3-4,8-10H,1-2,5-7H2,(H,18,19). The molecule has 1 aliphatic rings. The summed E-state index contributed by atoms with van der Waals surface area (Å²) in [5.41, 5.74) is 1.91. The van der Waals surface area contributed by atoms with Gasteiger partial charge < -0.3 is 9.64 Å². The van der Waals surface area contributed by atoms with E-state index in [1.165, 1.54) is 0 Å². The Balaban J connectivity index is 1.68. The van der Waals surface area contributed by atoms with E-state index in [9.17, 15) is 9.59 Å². The molecule has 2 aromatic rings. The van der Waals surface area contributed by atoms with Crippen LogP contribution in [0.25, 0.3) is 0 Å². The van der Waals surface area contributed by atoms with Crippen molar-refractivity contribution in [3.8, 4) is 0 Å². The number of rotatable bonds is 5. The summed E-state index contributed by atoms with van der Waals surface area (Å²) in [6.07, 6.45) is 5.37. The number of benzene rings is 1. The predicted octanol–water partition coefficient (Wildman–Crippen LogP) is 2.59. The van der Waals surface area contributed by atoms with Gasteiger partial charge in [-0.3, -0.25) is 9.89 Å². The maximum atomic E-state index is 12.2. The Morgan fingerprint density at radius 2 is 2.30 bits per heavy atom. The maximum absolute atomic E-state index is 12.2. The van der Waals surface area contributed by atoms with Crippen LogP contribution in [0.5, 0.6) is 0 Å². The molecule has 1 fully saturated rings. The Hall–Kier alpha value is -2.34. The number of hydrogen-bond donors (Lipinski definition) is 1. The van der Waals surface area contributed by atoms with Gasteiger partial charge in [-0.05, 0) is 30.2 Å². The number of carbonyl (C=O) groups is 2. The van der Waals surface area contributed by atoms with Crippen LogP contribution in [0.2, 0.25) is 5.02 Å². The molecule has 1 aliphatic heterocycles. The summed E-state index contributed by atoms with van der Waals surface area (Å²) in [6.45, 7) is 0.900. The summed E-state index contributed by atoms with van der Waals surface area (Å²) in [5, 5.41) is 6.85. The molecule has 6 nitrogen and oxygen atoms in total. The third-order valence-corrected chi connectivity index (χ3v) is 4.06. The van der Waals surface area contributed by atoms with Gasteiger partial charge in [-0.2, -0.15) is 5.10 Å².